The first kappa shape index (κ1) is 33.3. The molecule has 7 aromatic carbocycles. The van der Waals surface area contributed by atoms with Gasteiger partial charge in [-0.15, -0.1) is 0 Å². The summed E-state index contributed by atoms with van der Waals surface area (Å²) < 4.78 is 2.35. The molecule has 0 spiro atoms. The zero-order valence-electron chi connectivity index (χ0n) is 30.3. The summed E-state index contributed by atoms with van der Waals surface area (Å²) in [6, 6.07) is 57.8. The van der Waals surface area contributed by atoms with Crippen LogP contribution < -0.4 is 0 Å². The fourth-order valence-electron chi connectivity index (χ4n) is 7.53. The van der Waals surface area contributed by atoms with Gasteiger partial charge in [0.1, 0.15) is 0 Å². The first-order valence-corrected chi connectivity index (χ1v) is 18.2. The Hall–Kier alpha value is -7.60. The van der Waals surface area contributed by atoms with E-state index in [1.807, 2.05) is 78.9 Å². The normalized spacial score (nSPS) is 11.1. The van der Waals surface area contributed by atoms with Crippen molar-refractivity contribution in [2.75, 3.05) is 0 Å². The number of aryl methyl sites for hydroxylation is 2. The molecule has 0 amide bonds. The molecule has 0 bridgehead atoms. The SMILES string of the molecule is [C-]#[N+]c1cccc(-c2cc(-c3nc(-c4ccccc4)cc(-c4ccccc4)n3)cc(-c3cccc(C#N)c3)c2-n2c3ccc(C)cc3c3cc(C)ccc32)c1. The van der Waals surface area contributed by atoms with Crippen molar-refractivity contribution in [1.29, 1.82) is 5.26 Å². The van der Waals surface area contributed by atoms with Crippen LogP contribution in [-0.4, -0.2) is 14.5 Å². The molecule has 0 aliphatic carbocycles. The van der Waals surface area contributed by atoms with E-state index < -0.39 is 0 Å². The van der Waals surface area contributed by atoms with E-state index in [4.69, 9.17) is 16.5 Å². The fraction of sp³-hybridized carbons (Fsp3) is 0.0400. The molecule has 0 N–H and O–H groups in total. The number of hydrogen-bond acceptors (Lipinski definition) is 3. The number of rotatable bonds is 6. The van der Waals surface area contributed by atoms with Crippen LogP contribution in [0.5, 0.6) is 0 Å². The van der Waals surface area contributed by atoms with Gasteiger partial charge < -0.3 is 4.57 Å². The van der Waals surface area contributed by atoms with Gasteiger partial charge in [0.25, 0.3) is 0 Å². The van der Waals surface area contributed by atoms with Gasteiger partial charge in [-0.05, 0) is 85.6 Å². The van der Waals surface area contributed by atoms with Crippen molar-refractivity contribution in [2.24, 2.45) is 0 Å². The molecule has 0 saturated carbocycles. The first-order valence-electron chi connectivity index (χ1n) is 18.2. The number of nitrogens with zero attached hydrogens (tertiary/aromatic N) is 5. The van der Waals surface area contributed by atoms with Crippen molar-refractivity contribution in [2.45, 2.75) is 13.8 Å². The van der Waals surface area contributed by atoms with Gasteiger partial charge in [0.2, 0.25) is 0 Å². The standard InChI is InChI=1S/C50H33N5/c1-32-20-22-47-43(24-32)44-25-33(2)21-23-48(44)55(47)49-41(37-17-10-12-34(26-37)31-51)28-39(29-42(49)38-18-11-19-40(27-38)52-3)50-53-45(35-13-6-4-7-14-35)30-46(54-50)36-15-8-5-9-16-36/h4-30H,1-2H3. The minimum atomic E-state index is 0.545. The molecule has 0 fully saturated rings. The van der Waals surface area contributed by atoms with Gasteiger partial charge >= 0.3 is 0 Å². The Labute approximate surface area is 319 Å². The van der Waals surface area contributed by atoms with E-state index >= 15 is 0 Å². The van der Waals surface area contributed by atoms with Gasteiger partial charge in [-0.25, -0.2) is 14.8 Å². The highest BCUT2D eigenvalue weighted by atomic mass is 15.0. The number of fused-ring (bicyclic) bond motifs is 3. The zero-order chi connectivity index (χ0) is 37.5. The van der Waals surface area contributed by atoms with Gasteiger partial charge in [0.15, 0.2) is 11.5 Å². The van der Waals surface area contributed by atoms with Crippen LogP contribution in [0, 0.1) is 31.8 Å². The highest BCUT2D eigenvalue weighted by Crippen LogP contribution is 2.45. The molecule has 2 aromatic heterocycles. The summed E-state index contributed by atoms with van der Waals surface area (Å²) in [4.78, 5) is 14.3. The van der Waals surface area contributed by atoms with Crippen LogP contribution in [0.1, 0.15) is 16.7 Å². The molecule has 258 valence electrons. The Bertz CT molecular complexity index is 2820. The van der Waals surface area contributed by atoms with Crippen molar-refractivity contribution in [1.82, 2.24) is 14.5 Å². The van der Waals surface area contributed by atoms with Crippen molar-refractivity contribution >= 4 is 27.5 Å². The van der Waals surface area contributed by atoms with E-state index in [2.05, 4.69) is 114 Å². The molecule has 0 unspecified atom stereocenters. The monoisotopic (exact) mass is 703 g/mol. The summed E-state index contributed by atoms with van der Waals surface area (Å²) in [5.41, 5.74) is 14.5. The second-order valence-electron chi connectivity index (χ2n) is 13.8. The van der Waals surface area contributed by atoms with Crippen LogP contribution in [0.15, 0.2) is 164 Å². The van der Waals surface area contributed by atoms with Gasteiger partial charge in [-0.3, -0.25) is 0 Å². The predicted molar refractivity (Wildman–Crippen MR) is 224 cm³/mol. The Balaban J connectivity index is 1.44. The fourth-order valence-corrected chi connectivity index (χ4v) is 7.53. The third kappa shape index (κ3) is 6.11. The van der Waals surface area contributed by atoms with Gasteiger partial charge in [-0.1, -0.05) is 114 Å². The van der Waals surface area contributed by atoms with E-state index in [1.165, 1.54) is 11.1 Å². The van der Waals surface area contributed by atoms with Crippen LogP contribution in [-0.2, 0) is 0 Å². The Morgan fingerprint density at radius 3 is 1.60 bits per heavy atom. The molecule has 0 saturated heterocycles. The molecule has 5 heteroatoms. The van der Waals surface area contributed by atoms with Gasteiger partial charge in [-0.2, -0.15) is 5.26 Å². The molecular weight excluding hydrogens is 671 g/mol. The number of aromatic nitrogens is 3. The van der Waals surface area contributed by atoms with Crippen LogP contribution in [0.4, 0.5) is 5.69 Å². The van der Waals surface area contributed by atoms with Crippen LogP contribution in [0.2, 0.25) is 0 Å². The average Bonchev–Trinajstić information content (AvgIpc) is 3.55. The lowest BCUT2D eigenvalue weighted by Crippen LogP contribution is -2.03. The summed E-state index contributed by atoms with van der Waals surface area (Å²) in [5, 5.41) is 12.4. The van der Waals surface area contributed by atoms with Crippen molar-refractivity contribution < 1.29 is 0 Å². The molecule has 0 aliphatic rings. The summed E-state index contributed by atoms with van der Waals surface area (Å²) in [7, 11) is 0. The highest BCUT2D eigenvalue weighted by molar-refractivity contribution is 6.11. The van der Waals surface area contributed by atoms with Gasteiger partial charge in [0.05, 0.1) is 46.3 Å². The highest BCUT2D eigenvalue weighted by Gasteiger charge is 2.23. The van der Waals surface area contributed by atoms with E-state index in [1.54, 1.807) is 0 Å². The van der Waals surface area contributed by atoms with E-state index in [9.17, 15) is 5.26 Å². The van der Waals surface area contributed by atoms with Crippen LogP contribution in [0.25, 0.3) is 88.5 Å². The second-order valence-corrected chi connectivity index (χ2v) is 13.8. The maximum absolute atomic E-state index is 10.1. The van der Waals surface area contributed by atoms with E-state index in [0.717, 1.165) is 77.8 Å². The third-order valence-electron chi connectivity index (χ3n) is 10.1. The maximum atomic E-state index is 10.1. The molecule has 5 nitrogen and oxygen atoms in total. The minimum absolute atomic E-state index is 0.545. The summed E-state index contributed by atoms with van der Waals surface area (Å²) >= 11 is 0. The van der Waals surface area contributed by atoms with Crippen LogP contribution in [0.3, 0.4) is 0 Å². The quantitative estimate of drug-likeness (QED) is 0.162. The van der Waals surface area contributed by atoms with E-state index in [-0.39, 0.29) is 0 Å². The summed E-state index contributed by atoms with van der Waals surface area (Å²) in [6.07, 6.45) is 0. The smallest absolute Gasteiger partial charge is 0.187 e. The molecule has 2 heterocycles. The Morgan fingerprint density at radius 2 is 1.05 bits per heavy atom. The summed E-state index contributed by atoms with van der Waals surface area (Å²) in [5.74, 6) is 0.570. The summed E-state index contributed by atoms with van der Waals surface area (Å²) in [6.45, 7) is 12.2. The number of benzene rings is 7. The topological polar surface area (TPSA) is 58.9 Å². The minimum Gasteiger partial charge on any atom is -0.308 e. The maximum Gasteiger partial charge on any atom is 0.187 e. The molecule has 0 radical (unpaired) electrons. The number of hydrogen-bond donors (Lipinski definition) is 0. The predicted octanol–water partition coefficient (Wildman–Crippen LogP) is 12.9. The largest absolute Gasteiger partial charge is 0.308 e. The van der Waals surface area contributed by atoms with Crippen molar-refractivity contribution in [3.8, 4) is 67.9 Å². The van der Waals surface area contributed by atoms with Crippen molar-refractivity contribution in [3.63, 3.8) is 0 Å². The lowest BCUT2D eigenvalue weighted by molar-refractivity contribution is 1.16. The lowest BCUT2D eigenvalue weighted by Gasteiger charge is -2.21. The van der Waals surface area contributed by atoms with E-state index in [0.29, 0.717) is 17.1 Å². The second kappa shape index (κ2) is 13.7. The van der Waals surface area contributed by atoms with Crippen molar-refractivity contribution in [3.05, 3.63) is 192 Å². The lowest BCUT2D eigenvalue weighted by atomic mass is 9.91. The van der Waals surface area contributed by atoms with Gasteiger partial charge in [0, 0.05) is 38.6 Å². The van der Waals surface area contributed by atoms with Crippen LogP contribution >= 0.6 is 0 Å². The molecule has 9 rings (SSSR count). The number of nitriles is 1. The molecular formula is C50H33N5. The Kier molecular flexibility index (Phi) is 8.31. The molecule has 9 aromatic rings. The molecule has 55 heavy (non-hydrogen) atoms. The zero-order valence-corrected chi connectivity index (χ0v) is 30.3. The Morgan fingerprint density at radius 1 is 0.527 bits per heavy atom. The third-order valence-corrected chi connectivity index (χ3v) is 10.1. The first-order chi connectivity index (χ1) is 27.0. The molecule has 0 atom stereocenters. The molecule has 0 aliphatic heterocycles. The average molecular weight is 704 g/mol.